The van der Waals surface area contributed by atoms with E-state index in [-0.39, 0.29) is 17.6 Å². The Morgan fingerprint density at radius 1 is 1.36 bits per heavy atom. The first-order chi connectivity index (χ1) is 4.88. The minimum atomic E-state index is -0.232. The normalized spacial score (nSPS) is 18.0. The molecule has 0 aromatic rings. The van der Waals surface area contributed by atoms with Crippen molar-refractivity contribution in [3.63, 3.8) is 0 Å². The fraction of sp³-hybridized carbons (Fsp3) is 1.00. The molecule has 0 fully saturated rings. The van der Waals surface area contributed by atoms with Gasteiger partial charge in [0.15, 0.2) is 0 Å². The van der Waals surface area contributed by atoms with E-state index in [2.05, 4.69) is 20.8 Å². The minimum absolute atomic E-state index is 0.0949. The topological polar surface area (TPSA) is 46.2 Å². The molecule has 68 valence electrons. The monoisotopic (exact) mass is 159 g/mol. The Labute approximate surface area is 69.8 Å². The number of hydrogen-bond donors (Lipinski definition) is 2. The van der Waals surface area contributed by atoms with Gasteiger partial charge in [-0.25, -0.2) is 0 Å². The summed E-state index contributed by atoms with van der Waals surface area (Å²) < 4.78 is 0. The lowest BCUT2D eigenvalue weighted by Gasteiger charge is -2.28. The highest BCUT2D eigenvalue weighted by Gasteiger charge is 2.22. The molecule has 0 heterocycles. The summed E-state index contributed by atoms with van der Waals surface area (Å²) in [6.07, 6.45) is 1.27. The van der Waals surface area contributed by atoms with E-state index in [1.165, 1.54) is 0 Å². The number of aliphatic hydroxyl groups is 1. The zero-order chi connectivity index (χ0) is 9.07. The van der Waals surface area contributed by atoms with Gasteiger partial charge in [-0.2, -0.15) is 0 Å². The van der Waals surface area contributed by atoms with Gasteiger partial charge in [-0.15, -0.1) is 0 Å². The lowest BCUT2D eigenvalue weighted by molar-refractivity contribution is 0.128. The molecule has 2 heteroatoms. The van der Waals surface area contributed by atoms with Crippen LogP contribution in [-0.4, -0.2) is 17.3 Å². The van der Waals surface area contributed by atoms with Crippen molar-refractivity contribution in [2.75, 3.05) is 0 Å². The summed E-state index contributed by atoms with van der Waals surface area (Å²) in [5.41, 5.74) is 5.97. The van der Waals surface area contributed by atoms with Crippen molar-refractivity contribution in [1.29, 1.82) is 0 Å². The van der Waals surface area contributed by atoms with Crippen molar-refractivity contribution in [2.24, 2.45) is 11.1 Å². The zero-order valence-corrected chi connectivity index (χ0v) is 8.09. The van der Waals surface area contributed by atoms with Crippen LogP contribution in [0.3, 0.4) is 0 Å². The molecule has 0 aliphatic heterocycles. The lowest BCUT2D eigenvalue weighted by atomic mass is 9.84. The highest BCUT2D eigenvalue weighted by Crippen LogP contribution is 2.21. The third-order valence-electron chi connectivity index (χ3n) is 2.11. The summed E-state index contributed by atoms with van der Waals surface area (Å²) in [7, 11) is 0. The van der Waals surface area contributed by atoms with E-state index < -0.39 is 0 Å². The summed E-state index contributed by atoms with van der Waals surface area (Å²) in [6, 6.07) is 0.0949. The molecule has 11 heavy (non-hydrogen) atoms. The molecule has 0 saturated heterocycles. The van der Waals surface area contributed by atoms with E-state index in [0.29, 0.717) is 6.42 Å². The first kappa shape index (κ1) is 10.9. The van der Waals surface area contributed by atoms with E-state index in [0.717, 1.165) is 6.42 Å². The Balaban J connectivity index is 3.77. The predicted molar refractivity (Wildman–Crippen MR) is 48.3 cm³/mol. The molecule has 0 radical (unpaired) electrons. The number of rotatable bonds is 3. The van der Waals surface area contributed by atoms with Crippen molar-refractivity contribution in [3.8, 4) is 0 Å². The average Bonchev–Trinajstić information content (AvgIpc) is 1.85. The van der Waals surface area contributed by atoms with Crippen LogP contribution in [0, 0.1) is 5.41 Å². The van der Waals surface area contributed by atoms with Crippen LogP contribution in [0.5, 0.6) is 0 Å². The van der Waals surface area contributed by atoms with Gasteiger partial charge in [-0.05, 0) is 18.3 Å². The standard InChI is InChI=1S/C9H21NO/c1-5-7(11)6-8(10)9(2,3)4/h7-8,11H,5-6,10H2,1-4H3/t7-,8+/m1/s1. The van der Waals surface area contributed by atoms with Crippen molar-refractivity contribution >= 4 is 0 Å². The Morgan fingerprint density at radius 2 is 1.82 bits per heavy atom. The van der Waals surface area contributed by atoms with Crippen molar-refractivity contribution in [1.82, 2.24) is 0 Å². The van der Waals surface area contributed by atoms with Crippen LogP contribution >= 0.6 is 0 Å². The Kier molecular flexibility index (Phi) is 4.04. The molecule has 0 aliphatic carbocycles. The molecular weight excluding hydrogens is 138 g/mol. The van der Waals surface area contributed by atoms with Crippen LogP contribution in [-0.2, 0) is 0 Å². The molecule has 0 amide bonds. The van der Waals surface area contributed by atoms with Crippen LogP contribution in [0.15, 0.2) is 0 Å². The zero-order valence-electron chi connectivity index (χ0n) is 8.09. The molecule has 0 aliphatic rings. The second-order valence-electron chi connectivity index (χ2n) is 4.27. The minimum Gasteiger partial charge on any atom is -0.393 e. The molecule has 3 N–H and O–H groups in total. The van der Waals surface area contributed by atoms with E-state index >= 15 is 0 Å². The van der Waals surface area contributed by atoms with Gasteiger partial charge < -0.3 is 10.8 Å². The van der Waals surface area contributed by atoms with Gasteiger partial charge in [0, 0.05) is 6.04 Å². The highest BCUT2D eigenvalue weighted by molar-refractivity contribution is 4.78. The van der Waals surface area contributed by atoms with Crippen molar-refractivity contribution in [3.05, 3.63) is 0 Å². The van der Waals surface area contributed by atoms with Gasteiger partial charge in [0.2, 0.25) is 0 Å². The van der Waals surface area contributed by atoms with Crippen LogP contribution in [0.25, 0.3) is 0 Å². The maximum Gasteiger partial charge on any atom is 0.0552 e. The quantitative estimate of drug-likeness (QED) is 0.656. The van der Waals surface area contributed by atoms with E-state index in [1.54, 1.807) is 0 Å². The first-order valence-corrected chi connectivity index (χ1v) is 4.31. The fourth-order valence-corrected chi connectivity index (χ4v) is 0.813. The average molecular weight is 159 g/mol. The Morgan fingerprint density at radius 3 is 2.09 bits per heavy atom. The first-order valence-electron chi connectivity index (χ1n) is 4.31. The predicted octanol–water partition coefficient (Wildman–Crippen LogP) is 1.52. The van der Waals surface area contributed by atoms with E-state index in [1.807, 2.05) is 6.92 Å². The fourth-order valence-electron chi connectivity index (χ4n) is 0.813. The van der Waals surface area contributed by atoms with Crippen LogP contribution in [0.4, 0.5) is 0 Å². The summed E-state index contributed by atoms with van der Waals surface area (Å²) in [5.74, 6) is 0. The molecular formula is C9H21NO. The Bertz CT molecular complexity index is 107. The molecule has 0 unspecified atom stereocenters. The van der Waals surface area contributed by atoms with E-state index in [9.17, 15) is 5.11 Å². The molecule has 2 nitrogen and oxygen atoms in total. The number of hydrogen-bond acceptors (Lipinski definition) is 2. The van der Waals surface area contributed by atoms with Crippen LogP contribution < -0.4 is 5.73 Å². The maximum atomic E-state index is 9.31. The molecule has 0 spiro atoms. The second-order valence-corrected chi connectivity index (χ2v) is 4.27. The molecule has 0 rings (SSSR count). The van der Waals surface area contributed by atoms with Gasteiger partial charge in [-0.1, -0.05) is 27.7 Å². The largest absolute Gasteiger partial charge is 0.393 e. The highest BCUT2D eigenvalue weighted by atomic mass is 16.3. The molecule has 0 aromatic heterocycles. The molecule has 2 atom stereocenters. The van der Waals surface area contributed by atoms with Crippen molar-refractivity contribution < 1.29 is 5.11 Å². The third kappa shape index (κ3) is 4.38. The SMILES string of the molecule is CC[C@@H](O)C[C@H](N)C(C)(C)C. The lowest BCUT2D eigenvalue weighted by Crippen LogP contribution is -2.37. The Hall–Kier alpha value is -0.0800. The smallest absolute Gasteiger partial charge is 0.0552 e. The van der Waals surface area contributed by atoms with Crippen LogP contribution in [0.1, 0.15) is 40.5 Å². The summed E-state index contributed by atoms with van der Waals surface area (Å²) in [5, 5.41) is 9.31. The molecule has 0 aromatic carbocycles. The van der Waals surface area contributed by atoms with Gasteiger partial charge in [0.25, 0.3) is 0 Å². The van der Waals surface area contributed by atoms with Gasteiger partial charge >= 0.3 is 0 Å². The second kappa shape index (κ2) is 4.07. The van der Waals surface area contributed by atoms with E-state index in [4.69, 9.17) is 5.73 Å². The summed E-state index contributed by atoms with van der Waals surface area (Å²) in [4.78, 5) is 0. The molecule has 0 saturated carbocycles. The van der Waals surface area contributed by atoms with Gasteiger partial charge in [-0.3, -0.25) is 0 Å². The number of nitrogens with two attached hydrogens (primary N) is 1. The summed E-state index contributed by atoms with van der Waals surface area (Å²) in [6.45, 7) is 8.26. The van der Waals surface area contributed by atoms with Crippen molar-refractivity contribution in [2.45, 2.75) is 52.7 Å². The number of aliphatic hydroxyl groups excluding tert-OH is 1. The maximum absolute atomic E-state index is 9.31. The summed E-state index contributed by atoms with van der Waals surface area (Å²) >= 11 is 0. The van der Waals surface area contributed by atoms with Crippen LogP contribution in [0.2, 0.25) is 0 Å². The van der Waals surface area contributed by atoms with Gasteiger partial charge in [0.1, 0.15) is 0 Å². The van der Waals surface area contributed by atoms with Gasteiger partial charge in [0.05, 0.1) is 6.10 Å². The third-order valence-corrected chi connectivity index (χ3v) is 2.11. The molecule has 0 bridgehead atoms.